The highest BCUT2D eigenvalue weighted by Gasteiger charge is 2.12. The standard InChI is InChI=1S/C17H16N8O4S2/c18-30(26,27)12-5-1-10(2-6-12)21-15-14-9-20-25-16(14)24-17(23-15)22-11-3-7-13(8-4-11)31(19,28)29/h1-9H,(H2,18,26,27)(H2,19,28,29)(H3,20,21,22,23,24,25). The Morgan fingerprint density at radius 1 is 0.742 bits per heavy atom. The van der Waals surface area contributed by atoms with Crippen LogP contribution in [0.15, 0.2) is 64.5 Å². The van der Waals surface area contributed by atoms with Crippen LogP contribution in [0.2, 0.25) is 0 Å². The fourth-order valence-corrected chi connectivity index (χ4v) is 3.74. The zero-order valence-corrected chi connectivity index (χ0v) is 17.3. The summed E-state index contributed by atoms with van der Waals surface area (Å²) in [5, 5.41) is 23.6. The van der Waals surface area contributed by atoms with Crippen molar-refractivity contribution < 1.29 is 16.8 Å². The number of nitrogens with zero attached hydrogens (tertiary/aromatic N) is 3. The first-order valence-electron chi connectivity index (χ1n) is 8.60. The van der Waals surface area contributed by atoms with Crippen LogP contribution in [0.1, 0.15) is 0 Å². The number of benzene rings is 2. The van der Waals surface area contributed by atoms with Crippen molar-refractivity contribution in [2.24, 2.45) is 10.3 Å². The number of sulfonamides is 2. The number of anilines is 4. The molecule has 0 radical (unpaired) electrons. The van der Waals surface area contributed by atoms with E-state index in [4.69, 9.17) is 10.3 Å². The minimum Gasteiger partial charge on any atom is -0.339 e. The minimum atomic E-state index is -3.80. The highest BCUT2D eigenvalue weighted by Crippen LogP contribution is 2.26. The second-order valence-corrected chi connectivity index (χ2v) is 9.54. The summed E-state index contributed by atoms with van der Waals surface area (Å²) in [5.74, 6) is 0.620. The van der Waals surface area contributed by atoms with Crippen molar-refractivity contribution in [3.8, 4) is 0 Å². The molecule has 0 unspecified atom stereocenters. The summed E-state index contributed by atoms with van der Waals surface area (Å²) in [6, 6.07) is 11.6. The summed E-state index contributed by atoms with van der Waals surface area (Å²) in [7, 11) is -7.59. The molecule has 2 heterocycles. The van der Waals surface area contributed by atoms with Crippen molar-refractivity contribution in [1.29, 1.82) is 0 Å². The third-order valence-corrected chi connectivity index (χ3v) is 6.05. The topological polar surface area (TPSA) is 199 Å². The molecular formula is C17H16N8O4S2. The van der Waals surface area contributed by atoms with Gasteiger partial charge in [-0.3, -0.25) is 5.10 Å². The number of nitrogens with one attached hydrogen (secondary N) is 3. The monoisotopic (exact) mass is 460 g/mol. The van der Waals surface area contributed by atoms with Gasteiger partial charge < -0.3 is 10.6 Å². The molecule has 0 aliphatic carbocycles. The lowest BCUT2D eigenvalue weighted by Crippen LogP contribution is -2.12. The molecule has 0 aliphatic heterocycles. The maximum absolute atomic E-state index is 11.4. The summed E-state index contributed by atoms with van der Waals surface area (Å²) in [5.41, 5.74) is 1.55. The lowest BCUT2D eigenvalue weighted by molar-refractivity contribution is 0.596. The lowest BCUT2D eigenvalue weighted by Gasteiger charge is -2.10. The molecule has 160 valence electrons. The van der Waals surface area contributed by atoms with E-state index < -0.39 is 20.0 Å². The van der Waals surface area contributed by atoms with Crippen molar-refractivity contribution in [2.75, 3.05) is 10.6 Å². The number of aromatic amines is 1. The first kappa shape index (κ1) is 20.7. The van der Waals surface area contributed by atoms with E-state index in [2.05, 4.69) is 30.8 Å². The molecular weight excluding hydrogens is 444 g/mol. The van der Waals surface area contributed by atoms with E-state index >= 15 is 0 Å². The number of H-pyrrole nitrogens is 1. The first-order chi connectivity index (χ1) is 14.6. The molecule has 31 heavy (non-hydrogen) atoms. The fourth-order valence-electron chi connectivity index (χ4n) is 2.71. The van der Waals surface area contributed by atoms with E-state index in [9.17, 15) is 16.8 Å². The van der Waals surface area contributed by atoms with Crippen LogP contribution in [0.3, 0.4) is 0 Å². The molecule has 0 aliphatic rings. The summed E-state index contributed by atoms with van der Waals surface area (Å²) in [6.45, 7) is 0. The molecule has 4 rings (SSSR count). The van der Waals surface area contributed by atoms with Crippen LogP contribution in [0.25, 0.3) is 11.0 Å². The number of primary sulfonamides is 2. The van der Waals surface area contributed by atoms with E-state index in [1.807, 2.05) is 0 Å². The van der Waals surface area contributed by atoms with Gasteiger partial charge in [-0.15, -0.1) is 0 Å². The lowest BCUT2D eigenvalue weighted by atomic mass is 10.3. The SMILES string of the molecule is NS(=O)(=O)c1ccc(Nc2nc(Nc3ccc(S(N)(=O)=O)cc3)c3cn[nH]c3n2)cc1. The van der Waals surface area contributed by atoms with Gasteiger partial charge >= 0.3 is 0 Å². The quantitative estimate of drug-likeness (QED) is 0.280. The molecule has 0 saturated carbocycles. The predicted octanol–water partition coefficient (Wildman–Crippen LogP) is 1.13. The Labute approximate surface area is 176 Å². The Balaban J connectivity index is 1.63. The van der Waals surface area contributed by atoms with Crippen molar-refractivity contribution in [1.82, 2.24) is 20.2 Å². The van der Waals surface area contributed by atoms with E-state index in [1.165, 1.54) is 36.4 Å². The zero-order valence-electron chi connectivity index (χ0n) is 15.6. The van der Waals surface area contributed by atoms with E-state index in [0.29, 0.717) is 28.2 Å². The van der Waals surface area contributed by atoms with Crippen LogP contribution in [0, 0.1) is 0 Å². The second-order valence-electron chi connectivity index (χ2n) is 6.42. The van der Waals surface area contributed by atoms with Gasteiger partial charge in [0, 0.05) is 11.4 Å². The van der Waals surface area contributed by atoms with E-state index in [-0.39, 0.29) is 15.7 Å². The molecule has 12 nitrogen and oxygen atoms in total. The van der Waals surface area contributed by atoms with Crippen LogP contribution in [0.5, 0.6) is 0 Å². The largest absolute Gasteiger partial charge is 0.339 e. The van der Waals surface area contributed by atoms with Gasteiger partial charge in [0.25, 0.3) is 0 Å². The Morgan fingerprint density at radius 3 is 1.77 bits per heavy atom. The number of hydrogen-bond acceptors (Lipinski definition) is 9. The van der Waals surface area contributed by atoms with Crippen LogP contribution >= 0.6 is 0 Å². The van der Waals surface area contributed by atoms with E-state index in [1.54, 1.807) is 18.3 Å². The van der Waals surface area contributed by atoms with Crippen LogP contribution < -0.4 is 20.9 Å². The maximum Gasteiger partial charge on any atom is 0.238 e. The van der Waals surface area contributed by atoms with Crippen molar-refractivity contribution in [3.05, 3.63) is 54.7 Å². The molecule has 4 aromatic rings. The molecule has 0 saturated heterocycles. The molecule has 0 spiro atoms. The Kier molecular flexibility index (Phi) is 5.06. The molecule has 7 N–H and O–H groups in total. The number of fused-ring (bicyclic) bond motifs is 1. The molecule has 2 aromatic carbocycles. The van der Waals surface area contributed by atoms with Crippen LogP contribution in [-0.2, 0) is 20.0 Å². The van der Waals surface area contributed by atoms with Crippen molar-refractivity contribution in [2.45, 2.75) is 9.79 Å². The van der Waals surface area contributed by atoms with Crippen LogP contribution in [0.4, 0.5) is 23.1 Å². The van der Waals surface area contributed by atoms with Gasteiger partial charge in [-0.1, -0.05) is 0 Å². The third kappa shape index (κ3) is 4.61. The van der Waals surface area contributed by atoms with Gasteiger partial charge in [-0.25, -0.2) is 27.1 Å². The highest BCUT2D eigenvalue weighted by atomic mass is 32.2. The number of nitrogens with two attached hydrogens (primary N) is 2. The summed E-state index contributed by atoms with van der Waals surface area (Å²) >= 11 is 0. The minimum absolute atomic E-state index is 0.0144. The second kappa shape index (κ2) is 7.59. The highest BCUT2D eigenvalue weighted by molar-refractivity contribution is 7.89. The maximum atomic E-state index is 11.4. The van der Waals surface area contributed by atoms with Crippen molar-refractivity contribution >= 4 is 54.2 Å². The van der Waals surface area contributed by atoms with Gasteiger partial charge in [0.15, 0.2) is 5.65 Å². The average Bonchev–Trinajstić information content (AvgIpc) is 3.16. The average molecular weight is 461 g/mol. The number of rotatable bonds is 6. The molecule has 0 fully saturated rings. The molecule has 2 aromatic heterocycles. The van der Waals surface area contributed by atoms with Crippen molar-refractivity contribution in [3.63, 3.8) is 0 Å². The normalized spacial score (nSPS) is 12.1. The summed E-state index contributed by atoms with van der Waals surface area (Å²) in [6.07, 6.45) is 1.54. The summed E-state index contributed by atoms with van der Waals surface area (Å²) in [4.78, 5) is 8.72. The Bertz CT molecular complexity index is 1470. The van der Waals surface area contributed by atoms with Gasteiger partial charge in [0.1, 0.15) is 5.82 Å². The smallest absolute Gasteiger partial charge is 0.238 e. The Hall–Kier alpha value is -3.59. The van der Waals surface area contributed by atoms with Gasteiger partial charge in [-0.2, -0.15) is 15.1 Å². The number of aromatic nitrogens is 4. The Morgan fingerprint density at radius 2 is 1.26 bits per heavy atom. The van der Waals surface area contributed by atoms with Gasteiger partial charge in [-0.05, 0) is 48.5 Å². The fraction of sp³-hybridized carbons (Fsp3) is 0. The zero-order chi connectivity index (χ0) is 22.2. The molecule has 0 amide bonds. The molecule has 14 heteroatoms. The molecule has 0 atom stereocenters. The van der Waals surface area contributed by atoms with E-state index in [0.717, 1.165) is 0 Å². The summed E-state index contributed by atoms with van der Waals surface area (Å²) < 4.78 is 45.6. The predicted molar refractivity (Wildman–Crippen MR) is 114 cm³/mol. The van der Waals surface area contributed by atoms with Gasteiger partial charge in [0.2, 0.25) is 26.0 Å². The number of hydrogen-bond donors (Lipinski definition) is 5. The third-order valence-electron chi connectivity index (χ3n) is 4.19. The van der Waals surface area contributed by atoms with Crippen LogP contribution in [-0.4, -0.2) is 37.0 Å². The first-order valence-corrected chi connectivity index (χ1v) is 11.7. The molecule has 0 bridgehead atoms. The van der Waals surface area contributed by atoms with Gasteiger partial charge in [0.05, 0.1) is 21.4 Å².